The maximum atomic E-state index is 13.9. The Balaban J connectivity index is 1.46. The summed E-state index contributed by atoms with van der Waals surface area (Å²) in [5, 5.41) is 3.12. The number of aromatic nitrogens is 2. The van der Waals surface area contributed by atoms with Gasteiger partial charge >= 0.3 is 0 Å². The number of thioether (sulfide) groups is 1. The molecule has 33 heavy (non-hydrogen) atoms. The molecule has 5 aromatic rings. The van der Waals surface area contributed by atoms with Crippen molar-refractivity contribution in [1.82, 2.24) is 8.97 Å². The Morgan fingerprint density at radius 2 is 1.61 bits per heavy atom. The van der Waals surface area contributed by atoms with Crippen molar-refractivity contribution < 1.29 is 4.79 Å². The molecule has 4 nitrogen and oxygen atoms in total. The van der Waals surface area contributed by atoms with E-state index in [1.165, 1.54) is 11.8 Å². The van der Waals surface area contributed by atoms with Gasteiger partial charge in [-0.15, -0.1) is 11.8 Å². The zero-order valence-corrected chi connectivity index (χ0v) is 19.1. The van der Waals surface area contributed by atoms with Crippen LogP contribution >= 0.6 is 11.8 Å². The number of benzene rings is 2. The summed E-state index contributed by atoms with van der Waals surface area (Å²) in [5.74, 6) is 0.397. The molecule has 0 amide bonds. The van der Waals surface area contributed by atoms with Gasteiger partial charge in [0.25, 0.3) is 5.56 Å². The van der Waals surface area contributed by atoms with Gasteiger partial charge in [-0.2, -0.15) is 0 Å². The Hall–Kier alpha value is -3.31. The molecule has 0 bridgehead atoms. The van der Waals surface area contributed by atoms with E-state index in [0.29, 0.717) is 0 Å². The number of rotatable bonds is 0. The van der Waals surface area contributed by atoms with Crippen LogP contribution in [0, 0.1) is 13.8 Å². The van der Waals surface area contributed by atoms with Gasteiger partial charge in [-0.3, -0.25) is 18.6 Å². The minimum atomic E-state index is -0.242. The minimum absolute atomic E-state index is 0.0241. The minimum Gasteiger partial charge on any atom is -0.283 e. The molecule has 160 valence electrons. The molecule has 3 unspecified atom stereocenters. The highest BCUT2D eigenvalue weighted by Gasteiger charge is 2.51. The van der Waals surface area contributed by atoms with Crippen LogP contribution in [0.25, 0.3) is 33.4 Å². The van der Waals surface area contributed by atoms with Crippen LogP contribution in [0.1, 0.15) is 45.4 Å². The van der Waals surface area contributed by atoms with Crippen LogP contribution in [0.15, 0.2) is 58.2 Å². The van der Waals surface area contributed by atoms with Gasteiger partial charge in [-0.1, -0.05) is 30.3 Å². The predicted molar refractivity (Wildman–Crippen MR) is 133 cm³/mol. The molecule has 3 aromatic heterocycles. The van der Waals surface area contributed by atoms with Crippen LogP contribution in [0.2, 0.25) is 0 Å². The Kier molecular flexibility index (Phi) is 3.18. The molecule has 0 saturated carbocycles. The van der Waals surface area contributed by atoms with Crippen molar-refractivity contribution in [3.63, 3.8) is 0 Å². The third kappa shape index (κ3) is 2.06. The maximum Gasteiger partial charge on any atom is 0.269 e. The van der Waals surface area contributed by atoms with Gasteiger partial charge in [0.05, 0.1) is 26.7 Å². The number of fused-ring (bicyclic) bond motifs is 8. The molecule has 0 spiro atoms. The molecular weight excluding hydrogens is 428 g/mol. The van der Waals surface area contributed by atoms with Crippen molar-refractivity contribution in [2.45, 2.75) is 42.2 Å². The zero-order valence-electron chi connectivity index (χ0n) is 18.3. The van der Waals surface area contributed by atoms with E-state index in [2.05, 4.69) is 68.5 Å². The van der Waals surface area contributed by atoms with Crippen LogP contribution in [0.3, 0.4) is 0 Å². The number of nitrogens with zero attached hydrogens (tertiary/aromatic N) is 2. The van der Waals surface area contributed by atoms with Gasteiger partial charge in [-0.05, 0) is 66.4 Å². The lowest BCUT2D eigenvalue weighted by molar-refractivity contribution is 0.0879. The molecule has 2 aliphatic heterocycles. The van der Waals surface area contributed by atoms with E-state index in [0.717, 1.165) is 66.2 Å². The van der Waals surface area contributed by atoms with E-state index in [-0.39, 0.29) is 28.6 Å². The van der Waals surface area contributed by atoms with Crippen LogP contribution in [0.5, 0.6) is 0 Å². The summed E-state index contributed by atoms with van der Waals surface area (Å²) < 4.78 is 3.82. The number of hydrogen-bond acceptors (Lipinski definition) is 3. The Morgan fingerprint density at radius 1 is 0.879 bits per heavy atom. The maximum absolute atomic E-state index is 13.9. The lowest BCUT2D eigenvalue weighted by Crippen LogP contribution is -2.40. The highest BCUT2D eigenvalue weighted by molar-refractivity contribution is 8.01. The van der Waals surface area contributed by atoms with Crippen LogP contribution in [0.4, 0.5) is 0 Å². The Morgan fingerprint density at radius 3 is 2.39 bits per heavy atom. The van der Waals surface area contributed by atoms with Crippen molar-refractivity contribution in [3.8, 4) is 0 Å². The van der Waals surface area contributed by atoms with E-state index < -0.39 is 0 Å². The van der Waals surface area contributed by atoms with Gasteiger partial charge in [-0.25, -0.2) is 0 Å². The second-order valence-corrected chi connectivity index (χ2v) is 11.0. The third-order valence-electron chi connectivity index (χ3n) is 7.91. The number of hydrogen-bond donors (Lipinski definition) is 0. The molecule has 8 rings (SSSR count). The van der Waals surface area contributed by atoms with Crippen molar-refractivity contribution in [2.75, 3.05) is 0 Å². The highest BCUT2D eigenvalue weighted by Crippen LogP contribution is 2.56. The SMILES string of the molecule is Cc1ccc2cc3n(c2c1)C(=O)C1Sc2c4c(c5cc6ccc(C)cc6n5c2=O)=CCC3C41. The summed E-state index contributed by atoms with van der Waals surface area (Å²) in [6.07, 6.45) is 3.19. The fourth-order valence-electron chi connectivity index (χ4n) is 6.51. The lowest BCUT2D eigenvalue weighted by Gasteiger charge is -2.36. The summed E-state index contributed by atoms with van der Waals surface area (Å²) in [7, 11) is 0. The van der Waals surface area contributed by atoms with Gasteiger partial charge < -0.3 is 0 Å². The monoisotopic (exact) mass is 448 g/mol. The van der Waals surface area contributed by atoms with Crippen LogP contribution in [-0.2, 0) is 0 Å². The molecule has 0 saturated heterocycles. The molecule has 2 aromatic carbocycles. The van der Waals surface area contributed by atoms with Gasteiger partial charge in [0.15, 0.2) is 0 Å². The molecule has 3 atom stereocenters. The van der Waals surface area contributed by atoms with Gasteiger partial charge in [0, 0.05) is 28.3 Å². The van der Waals surface area contributed by atoms with Crippen molar-refractivity contribution >= 4 is 51.1 Å². The molecule has 0 radical (unpaired) electrons. The fraction of sp³-hybridized carbons (Fsp3) is 0.214. The zero-order chi connectivity index (χ0) is 22.2. The molecular formula is C28H20N2O2S. The standard InChI is InChI=1S/C28H20N2O2S/c1-13-3-5-15-11-21-17-7-8-18-22-12-16-6-4-14(2)10-20(16)30(22)28(32)26-24(18)23(17)25(33-26)27(31)29(21)19(15)9-13/h3-7,9-12,18,24,26H,8H2,1-2H3. The lowest BCUT2D eigenvalue weighted by atomic mass is 9.74. The molecule has 1 aliphatic carbocycles. The van der Waals surface area contributed by atoms with Crippen molar-refractivity contribution in [2.24, 2.45) is 0 Å². The average Bonchev–Trinajstić information content (AvgIpc) is 3.49. The number of carbonyl (C=O) groups is 1. The van der Waals surface area contributed by atoms with Gasteiger partial charge in [0.2, 0.25) is 5.91 Å². The smallest absolute Gasteiger partial charge is 0.269 e. The normalized spacial score (nSPS) is 22.7. The largest absolute Gasteiger partial charge is 0.283 e. The summed E-state index contributed by atoms with van der Waals surface area (Å²) in [5.41, 5.74) is 7.45. The van der Waals surface area contributed by atoms with E-state index in [4.69, 9.17) is 0 Å². The number of aryl methyl sites for hydroxylation is 2. The van der Waals surface area contributed by atoms with Crippen LogP contribution < -0.4 is 10.8 Å². The first-order valence-electron chi connectivity index (χ1n) is 11.5. The predicted octanol–water partition coefficient (Wildman–Crippen LogP) is 4.92. The Bertz CT molecular complexity index is 1860. The van der Waals surface area contributed by atoms with Crippen molar-refractivity contribution in [3.05, 3.63) is 86.5 Å². The highest BCUT2D eigenvalue weighted by atomic mass is 32.2. The first kappa shape index (κ1) is 18.2. The van der Waals surface area contributed by atoms with E-state index >= 15 is 0 Å². The summed E-state index contributed by atoms with van der Waals surface area (Å²) in [6.45, 7) is 4.12. The summed E-state index contributed by atoms with van der Waals surface area (Å²) >= 11 is 1.50. The van der Waals surface area contributed by atoms with E-state index in [1.807, 2.05) is 8.97 Å². The topological polar surface area (TPSA) is 43.5 Å². The molecule has 5 heterocycles. The second kappa shape index (κ2) is 5.78. The van der Waals surface area contributed by atoms with E-state index in [1.54, 1.807) is 0 Å². The third-order valence-corrected chi connectivity index (χ3v) is 9.29. The van der Waals surface area contributed by atoms with Gasteiger partial charge in [0.1, 0.15) is 0 Å². The Labute approximate surface area is 193 Å². The van der Waals surface area contributed by atoms with E-state index in [9.17, 15) is 9.59 Å². The van der Waals surface area contributed by atoms with Crippen molar-refractivity contribution in [1.29, 1.82) is 0 Å². The number of carbonyl (C=O) groups excluding carboxylic acids is 1. The molecule has 0 N–H and O–H groups in total. The summed E-state index contributed by atoms with van der Waals surface area (Å²) in [6, 6.07) is 17.0. The number of pyridine rings is 1. The summed E-state index contributed by atoms with van der Waals surface area (Å²) in [4.78, 5) is 28.4. The quantitative estimate of drug-likeness (QED) is 0.338. The first-order valence-corrected chi connectivity index (χ1v) is 12.3. The molecule has 3 aliphatic rings. The molecule has 0 fully saturated rings. The average molecular weight is 449 g/mol. The first-order chi connectivity index (χ1) is 16.0. The van der Waals surface area contributed by atoms with Crippen LogP contribution in [-0.4, -0.2) is 20.1 Å². The second-order valence-electron chi connectivity index (χ2n) is 9.80. The fourth-order valence-corrected chi connectivity index (χ4v) is 8.00. The molecule has 5 heteroatoms.